The summed E-state index contributed by atoms with van der Waals surface area (Å²) in [5, 5.41) is 22.6. The van der Waals surface area contributed by atoms with Gasteiger partial charge in [0.1, 0.15) is 11.6 Å². The van der Waals surface area contributed by atoms with Crippen molar-refractivity contribution < 1.29 is 19.4 Å². The number of rotatable bonds is 3. The van der Waals surface area contributed by atoms with Crippen LogP contribution >= 0.6 is 0 Å². The van der Waals surface area contributed by atoms with Gasteiger partial charge in [0.05, 0.1) is 6.61 Å². The van der Waals surface area contributed by atoms with E-state index in [1.807, 2.05) is 0 Å². The van der Waals surface area contributed by atoms with Crippen molar-refractivity contribution in [1.82, 2.24) is 9.97 Å². The minimum Gasteiger partial charge on any atom is -0.711 e. The van der Waals surface area contributed by atoms with Gasteiger partial charge in [-0.3, -0.25) is 4.98 Å². The highest BCUT2D eigenvalue weighted by Gasteiger charge is 2.25. The zero-order valence-electron chi connectivity index (χ0n) is 12.6. The van der Waals surface area contributed by atoms with Crippen molar-refractivity contribution in [1.29, 1.82) is 0 Å². The Bertz CT molecular complexity index is 982. The number of esters is 1. The van der Waals surface area contributed by atoms with Gasteiger partial charge in [-0.05, 0) is 30.7 Å². The Balaban J connectivity index is 2.29. The second-order valence-corrected chi connectivity index (χ2v) is 4.95. The van der Waals surface area contributed by atoms with E-state index in [0.29, 0.717) is 15.9 Å². The Morgan fingerprint density at radius 3 is 2.75 bits per heavy atom. The fourth-order valence-corrected chi connectivity index (χ4v) is 2.38. The van der Waals surface area contributed by atoms with Gasteiger partial charge >= 0.3 is 11.5 Å². The number of carbonyl (C=O) groups is 1. The molecule has 3 aromatic heterocycles. The summed E-state index contributed by atoms with van der Waals surface area (Å²) in [5.74, 6) is -1.54. The predicted molar refractivity (Wildman–Crippen MR) is 84.4 cm³/mol. The molecule has 24 heavy (non-hydrogen) atoms. The third kappa shape index (κ3) is 2.54. The van der Waals surface area contributed by atoms with E-state index >= 15 is 0 Å². The molecule has 3 aromatic rings. The summed E-state index contributed by atoms with van der Waals surface area (Å²) in [6.07, 6.45) is 4.38. The average Bonchev–Trinajstić information content (AvgIpc) is 2.57. The van der Waals surface area contributed by atoms with Crippen LogP contribution in [0.3, 0.4) is 0 Å². The maximum absolute atomic E-state index is 12.2. The van der Waals surface area contributed by atoms with Crippen molar-refractivity contribution >= 4 is 17.0 Å². The first-order chi connectivity index (χ1) is 11.5. The van der Waals surface area contributed by atoms with Crippen LogP contribution in [-0.2, 0) is 4.74 Å². The number of fused-ring (bicyclic) bond motifs is 1. The van der Waals surface area contributed by atoms with Crippen LogP contribution in [0.4, 0.5) is 0 Å². The quantitative estimate of drug-likeness (QED) is 0.422. The third-order valence-electron chi connectivity index (χ3n) is 3.48. The lowest BCUT2D eigenvalue weighted by Crippen LogP contribution is -2.31. The number of nitrogens with zero attached hydrogens (tertiary/aromatic N) is 2. The fraction of sp³-hybridized carbons (Fsp3) is 0.125. The molecule has 0 bridgehead atoms. The van der Waals surface area contributed by atoms with Crippen LogP contribution in [0.15, 0.2) is 41.6 Å². The molecule has 3 rings (SSSR count). The molecule has 2 N–H and O–H groups in total. The maximum atomic E-state index is 12.2. The second-order valence-electron chi connectivity index (χ2n) is 4.95. The zero-order valence-corrected chi connectivity index (χ0v) is 12.6. The molecule has 0 aliphatic heterocycles. The average molecular weight is 327 g/mol. The first kappa shape index (κ1) is 15.5. The molecule has 0 amide bonds. The van der Waals surface area contributed by atoms with Gasteiger partial charge in [0.15, 0.2) is 11.3 Å². The lowest BCUT2D eigenvalue weighted by atomic mass is 10.1. The van der Waals surface area contributed by atoms with Crippen LogP contribution in [0.2, 0.25) is 0 Å². The highest BCUT2D eigenvalue weighted by molar-refractivity contribution is 5.98. The number of hydrogen-bond donors (Lipinski definition) is 2. The van der Waals surface area contributed by atoms with Crippen molar-refractivity contribution in [3.05, 3.63) is 57.9 Å². The molecule has 0 radical (unpaired) electrons. The molecule has 0 saturated carbocycles. The minimum absolute atomic E-state index is 0.0435. The number of H-pyrrole nitrogens is 1. The first-order valence-electron chi connectivity index (χ1n) is 7.12. The summed E-state index contributed by atoms with van der Waals surface area (Å²) in [6.45, 7) is 1.63. The molecule has 0 fully saturated rings. The number of pyridine rings is 3. The molecule has 0 atom stereocenters. The lowest BCUT2D eigenvalue weighted by Gasteiger charge is -2.11. The van der Waals surface area contributed by atoms with E-state index in [1.165, 1.54) is 12.3 Å². The van der Waals surface area contributed by atoms with Gasteiger partial charge in [0.25, 0.3) is 5.65 Å². The van der Waals surface area contributed by atoms with Crippen LogP contribution < -0.4 is 10.3 Å². The van der Waals surface area contributed by atoms with Gasteiger partial charge in [0.2, 0.25) is 0 Å². The smallest absolute Gasteiger partial charge is 0.350 e. The van der Waals surface area contributed by atoms with Crippen LogP contribution in [0.1, 0.15) is 17.3 Å². The molecule has 8 heteroatoms. The summed E-state index contributed by atoms with van der Waals surface area (Å²) >= 11 is 0. The van der Waals surface area contributed by atoms with Crippen molar-refractivity contribution in [3.63, 3.8) is 0 Å². The molecular formula is C16H13N3O5. The normalized spacial score (nSPS) is 10.7. The Morgan fingerprint density at radius 2 is 2.08 bits per heavy atom. The molecule has 0 aliphatic carbocycles. The van der Waals surface area contributed by atoms with Crippen molar-refractivity contribution in [2.24, 2.45) is 0 Å². The Hall–Kier alpha value is -3.42. The summed E-state index contributed by atoms with van der Waals surface area (Å²) in [6, 6.07) is 4.89. The molecule has 122 valence electrons. The van der Waals surface area contributed by atoms with Crippen LogP contribution in [0.25, 0.3) is 22.2 Å². The molecule has 0 saturated heterocycles. The number of aromatic amines is 1. The number of ether oxygens (including phenoxy) is 1. The SMILES string of the molecule is CCOC(=O)c1c(O)c2cc(-c3ccncc3)c[n+]([O-])c2[nH]c1=O. The molecule has 0 spiro atoms. The van der Waals surface area contributed by atoms with E-state index in [9.17, 15) is 19.9 Å². The van der Waals surface area contributed by atoms with E-state index in [0.717, 1.165) is 0 Å². The molecule has 3 heterocycles. The van der Waals surface area contributed by atoms with E-state index in [1.54, 1.807) is 31.5 Å². The molecular weight excluding hydrogens is 314 g/mol. The highest BCUT2D eigenvalue weighted by atomic mass is 16.5. The summed E-state index contributed by atoms with van der Waals surface area (Å²) < 4.78 is 5.20. The van der Waals surface area contributed by atoms with E-state index in [2.05, 4.69) is 9.97 Å². The van der Waals surface area contributed by atoms with Crippen LogP contribution in [-0.4, -0.2) is 27.7 Å². The Labute approximate surface area is 135 Å². The Morgan fingerprint density at radius 1 is 1.38 bits per heavy atom. The number of hydrogen-bond acceptors (Lipinski definition) is 6. The number of aromatic hydroxyl groups is 1. The third-order valence-corrected chi connectivity index (χ3v) is 3.48. The van der Waals surface area contributed by atoms with Gasteiger partial charge in [-0.2, -0.15) is 0 Å². The highest BCUT2D eigenvalue weighted by Crippen LogP contribution is 2.27. The van der Waals surface area contributed by atoms with E-state index < -0.39 is 22.8 Å². The lowest BCUT2D eigenvalue weighted by molar-refractivity contribution is -0.578. The van der Waals surface area contributed by atoms with Crippen molar-refractivity contribution in [3.8, 4) is 16.9 Å². The standard InChI is InChI=1S/C16H13N3O5/c1-2-24-16(22)12-13(20)11-7-10(9-3-5-17-6-4-9)8-19(23)14(11)18-15(12)21/h3-8H,2H2,1H3,(H2,18,20,21). The summed E-state index contributed by atoms with van der Waals surface area (Å²) in [5.41, 5.74) is -0.379. The van der Waals surface area contributed by atoms with E-state index in [-0.39, 0.29) is 17.6 Å². The number of aromatic nitrogens is 3. The first-order valence-corrected chi connectivity index (χ1v) is 7.12. The van der Waals surface area contributed by atoms with E-state index in [4.69, 9.17) is 4.74 Å². The maximum Gasteiger partial charge on any atom is 0.350 e. The van der Waals surface area contributed by atoms with Gasteiger partial charge in [-0.25, -0.2) is 19.3 Å². The topological polar surface area (TPSA) is 119 Å². The van der Waals surface area contributed by atoms with Gasteiger partial charge < -0.3 is 15.1 Å². The van der Waals surface area contributed by atoms with Gasteiger partial charge in [0, 0.05) is 18.0 Å². The molecule has 0 aromatic carbocycles. The number of nitrogens with one attached hydrogen (secondary N) is 1. The largest absolute Gasteiger partial charge is 0.711 e. The zero-order chi connectivity index (χ0) is 17.3. The fourth-order valence-electron chi connectivity index (χ4n) is 2.38. The molecule has 0 unspecified atom stereocenters. The second kappa shape index (κ2) is 5.99. The van der Waals surface area contributed by atoms with Crippen molar-refractivity contribution in [2.45, 2.75) is 6.92 Å². The number of carbonyl (C=O) groups excluding carboxylic acids is 1. The summed E-state index contributed by atoms with van der Waals surface area (Å²) in [4.78, 5) is 30.1. The van der Waals surface area contributed by atoms with Gasteiger partial charge in [-0.15, -0.1) is 0 Å². The molecule has 0 aliphatic rings. The van der Waals surface area contributed by atoms with Crippen LogP contribution in [0.5, 0.6) is 5.75 Å². The Kier molecular flexibility index (Phi) is 3.87. The van der Waals surface area contributed by atoms with Crippen molar-refractivity contribution in [2.75, 3.05) is 6.61 Å². The van der Waals surface area contributed by atoms with Gasteiger partial charge in [-0.1, -0.05) is 0 Å². The molecule has 8 nitrogen and oxygen atoms in total. The predicted octanol–water partition coefficient (Wildman–Crippen LogP) is 1.11. The summed E-state index contributed by atoms with van der Waals surface area (Å²) in [7, 11) is 0. The monoisotopic (exact) mass is 327 g/mol. The van der Waals surface area contributed by atoms with Crippen LogP contribution in [0, 0.1) is 5.21 Å². The minimum atomic E-state index is -0.954.